The molecule has 2 rings (SSSR count). The minimum atomic E-state index is -0.746. The van der Waals surface area contributed by atoms with Crippen molar-refractivity contribution in [1.29, 1.82) is 0 Å². The van der Waals surface area contributed by atoms with Crippen molar-refractivity contribution >= 4 is 5.97 Å². The molecule has 1 aliphatic rings. The first kappa shape index (κ1) is 15.8. The molecule has 4 heteroatoms. The molecule has 0 fully saturated rings. The number of fused-ring (bicyclic) bond motifs is 1. The maximum absolute atomic E-state index is 13.2. The highest BCUT2D eigenvalue weighted by molar-refractivity contribution is 5.74. The lowest BCUT2D eigenvalue weighted by atomic mass is 9.75. The van der Waals surface area contributed by atoms with E-state index in [4.69, 9.17) is 4.74 Å². The van der Waals surface area contributed by atoms with Gasteiger partial charge in [-0.2, -0.15) is 0 Å². The molecule has 0 radical (unpaired) electrons. The van der Waals surface area contributed by atoms with E-state index in [1.807, 2.05) is 6.92 Å². The number of hydrogen-bond acceptors (Lipinski definition) is 2. The zero-order valence-corrected chi connectivity index (χ0v) is 12.7. The van der Waals surface area contributed by atoms with Gasteiger partial charge >= 0.3 is 5.97 Å². The number of aliphatic carboxylic acids is 1. The summed E-state index contributed by atoms with van der Waals surface area (Å²) in [6.07, 6.45) is 4.03. The highest BCUT2D eigenvalue weighted by Crippen LogP contribution is 2.39. The van der Waals surface area contributed by atoms with Gasteiger partial charge in [0.25, 0.3) is 0 Å². The van der Waals surface area contributed by atoms with Gasteiger partial charge in [0.15, 0.2) is 0 Å². The van der Waals surface area contributed by atoms with Crippen molar-refractivity contribution in [1.82, 2.24) is 0 Å². The first-order valence-electron chi connectivity index (χ1n) is 7.69. The maximum Gasteiger partial charge on any atom is 0.309 e. The van der Waals surface area contributed by atoms with Crippen LogP contribution in [-0.2, 0) is 11.2 Å². The maximum atomic E-state index is 13.2. The van der Waals surface area contributed by atoms with Crippen LogP contribution < -0.4 is 4.74 Å². The van der Waals surface area contributed by atoms with Gasteiger partial charge in [-0.05, 0) is 31.0 Å². The van der Waals surface area contributed by atoms with Crippen molar-refractivity contribution in [2.75, 3.05) is 0 Å². The van der Waals surface area contributed by atoms with Crippen LogP contribution in [0.1, 0.15) is 51.5 Å². The van der Waals surface area contributed by atoms with Crippen LogP contribution in [0, 0.1) is 11.2 Å². The van der Waals surface area contributed by atoms with E-state index in [2.05, 4.69) is 6.92 Å². The minimum absolute atomic E-state index is 0.172. The summed E-state index contributed by atoms with van der Waals surface area (Å²) in [5.74, 6) is -0.333. The lowest BCUT2D eigenvalue weighted by Crippen LogP contribution is -2.36. The predicted molar refractivity (Wildman–Crippen MR) is 79.0 cm³/mol. The molecule has 2 atom stereocenters. The number of carboxylic acid groups (broad SMARTS) is 1. The van der Waals surface area contributed by atoms with Gasteiger partial charge < -0.3 is 9.84 Å². The highest BCUT2D eigenvalue weighted by Gasteiger charge is 2.40. The molecule has 1 aliphatic heterocycles. The smallest absolute Gasteiger partial charge is 0.309 e. The molecule has 116 valence electrons. The van der Waals surface area contributed by atoms with Gasteiger partial charge in [0.05, 0.1) is 5.41 Å². The number of ether oxygens (including phenoxy) is 1. The van der Waals surface area contributed by atoms with E-state index in [0.29, 0.717) is 31.4 Å². The number of halogens is 1. The zero-order valence-electron chi connectivity index (χ0n) is 12.7. The van der Waals surface area contributed by atoms with Gasteiger partial charge in [0.1, 0.15) is 17.7 Å². The SMILES string of the molecule is CCCCC(CC)(CC1Cc2cc(F)ccc2O1)C(=O)O. The van der Waals surface area contributed by atoms with Gasteiger partial charge in [-0.1, -0.05) is 26.7 Å². The normalized spacial score (nSPS) is 19.7. The summed E-state index contributed by atoms with van der Waals surface area (Å²) in [6, 6.07) is 4.49. The summed E-state index contributed by atoms with van der Waals surface area (Å²) in [7, 11) is 0. The summed E-state index contributed by atoms with van der Waals surface area (Å²) < 4.78 is 19.1. The third-order valence-electron chi connectivity index (χ3n) is 4.52. The minimum Gasteiger partial charge on any atom is -0.490 e. The fraction of sp³-hybridized carbons (Fsp3) is 0.588. The van der Waals surface area contributed by atoms with Crippen LogP contribution in [-0.4, -0.2) is 17.2 Å². The van der Waals surface area contributed by atoms with E-state index < -0.39 is 11.4 Å². The van der Waals surface area contributed by atoms with E-state index in [1.165, 1.54) is 12.1 Å². The quantitative estimate of drug-likeness (QED) is 0.820. The molecule has 1 aromatic rings. The lowest BCUT2D eigenvalue weighted by Gasteiger charge is -2.30. The van der Waals surface area contributed by atoms with E-state index in [0.717, 1.165) is 18.4 Å². The second-order valence-electron chi connectivity index (χ2n) is 5.94. The van der Waals surface area contributed by atoms with Crippen molar-refractivity contribution in [3.63, 3.8) is 0 Å². The van der Waals surface area contributed by atoms with Gasteiger partial charge in [0, 0.05) is 18.4 Å². The van der Waals surface area contributed by atoms with Crippen LogP contribution in [0.4, 0.5) is 4.39 Å². The van der Waals surface area contributed by atoms with Crippen molar-refractivity contribution in [3.8, 4) is 5.75 Å². The van der Waals surface area contributed by atoms with Crippen molar-refractivity contribution < 1.29 is 19.0 Å². The van der Waals surface area contributed by atoms with Crippen molar-refractivity contribution in [3.05, 3.63) is 29.6 Å². The molecule has 21 heavy (non-hydrogen) atoms. The Kier molecular flexibility index (Phi) is 4.86. The Morgan fingerprint density at radius 3 is 2.86 bits per heavy atom. The van der Waals surface area contributed by atoms with E-state index in [9.17, 15) is 14.3 Å². The van der Waals surface area contributed by atoms with Crippen LogP contribution in [0.15, 0.2) is 18.2 Å². The number of carboxylic acids is 1. The van der Waals surface area contributed by atoms with Crippen molar-refractivity contribution in [2.45, 2.75) is 58.5 Å². The van der Waals surface area contributed by atoms with Crippen LogP contribution in [0.3, 0.4) is 0 Å². The highest BCUT2D eigenvalue weighted by atomic mass is 19.1. The summed E-state index contributed by atoms with van der Waals surface area (Å²) in [5, 5.41) is 9.66. The number of carbonyl (C=O) groups is 1. The number of benzene rings is 1. The molecule has 0 saturated carbocycles. The van der Waals surface area contributed by atoms with Crippen LogP contribution in [0.25, 0.3) is 0 Å². The first-order chi connectivity index (χ1) is 10.0. The number of hydrogen-bond donors (Lipinski definition) is 1. The molecule has 0 aromatic heterocycles. The summed E-state index contributed by atoms with van der Waals surface area (Å²) in [5.41, 5.74) is 0.104. The molecule has 0 spiro atoms. The van der Waals surface area contributed by atoms with Gasteiger partial charge in [-0.15, -0.1) is 0 Å². The van der Waals surface area contributed by atoms with Crippen molar-refractivity contribution in [2.24, 2.45) is 5.41 Å². The van der Waals surface area contributed by atoms with Gasteiger partial charge in [-0.25, -0.2) is 4.39 Å². The molecular weight excluding hydrogens is 271 g/mol. The molecule has 2 unspecified atom stereocenters. The molecule has 0 bridgehead atoms. The summed E-state index contributed by atoms with van der Waals surface area (Å²) in [4.78, 5) is 11.8. The predicted octanol–water partition coefficient (Wildman–Crippen LogP) is 4.19. The lowest BCUT2D eigenvalue weighted by molar-refractivity contribution is -0.151. The third-order valence-corrected chi connectivity index (χ3v) is 4.52. The largest absolute Gasteiger partial charge is 0.490 e. The average Bonchev–Trinajstić information content (AvgIpc) is 2.84. The fourth-order valence-corrected chi connectivity index (χ4v) is 3.12. The average molecular weight is 294 g/mol. The number of unbranched alkanes of at least 4 members (excludes halogenated alkanes) is 1. The molecule has 1 N–H and O–H groups in total. The molecular formula is C17H23FO3. The topological polar surface area (TPSA) is 46.5 Å². The molecule has 0 saturated heterocycles. The Bertz CT molecular complexity index is 515. The Labute approximate surface area is 125 Å². The zero-order chi connectivity index (χ0) is 15.5. The third kappa shape index (κ3) is 3.36. The second kappa shape index (κ2) is 6.46. The summed E-state index contributed by atoms with van der Waals surface area (Å²) >= 11 is 0. The Morgan fingerprint density at radius 1 is 1.48 bits per heavy atom. The van der Waals surface area contributed by atoms with E-state index >= 15 is 0 Å². The van der Waals surface area contributed by atoms with Crippen LogP contribution in [0.2, 0.25) is 0 Å². The molecule has 0 amide bonds. The molecule has 1 aromatic carbocycles. The Balaban J connectivity index is 2.10. The first-order valence-corrected chi connectivity index (χ1v) is 7.69. The molecule has 3 nitrogen and oxygen atoms in total. The fourth-order valence-electron chi connectivity index (χ4n) is 3.12. The van der Waals surface area contributed by atoms with Gasteiger partial charge in [-0.3, -0.25) is 4.79 Å². The van der Waals surface area contributed by atoms with Crippen LogP contribution in [0.5, 0.6) is 5.75 Å². The number of rotatable bonds is 7. The standard InChI is InChI=1S/C17H23FO3/c1-3-5-8-17(4-2,16(19)20)11-14-10-12-9-13(18)6-7-15(12)21-14/h6-7,9,14H,3-5,8,10-11H2,1-2H3,(H,19,20). The molecule has 0 aliphatic carbocycles. The second-order valence-corrected chi connectivity index (χ2v) is 5.94. The van der Waals surface area contributed by atoms with E-state index in [-0.39, 0.29) is 11.9 Å². The Morgan fingerprint density at radius 2 is 2.24 bits per heavy atom. The van der Waals surface area contributed by atoms with Crippen LogP contribution >= 0.6 is 0 Å². The monoisotopic (exact) mass is 294 g/mol. The van der Waals surface area contributed by atoms with Gasteiger partial charge in [0.2, 0.25) is 0 Å². The van der Waals surface area contributed by atoms with E-state index in [1.54, 1.807) is 6.07 Å². The molecule has 1 heterocycles. The summed E-state index contributed by atoms with van der Waals surface area (Å²) in [6.45, 7) is 3.98. The Hall–Kier alpha value is -1.58.